The minimum absolute atomic E-state index is 0.0465. The minimum Gasteiger partial charge on any atom is -0.490 e. The molecule has 0 bridgehead atoms. The number of ether oxygens (including phenoxy) is 2. The molecule has 0 fully saturated rings. The fraction of sp³-hybridized carbons (Fsp3) is 0.318. The topological polar surface area (TPSA) is 180 Å². The Kier molecular flexibility index (Phi) is 9.63. The zero-order chi connectivity index (χ0) is 26.0. The summed E-state index contributed by atoms with van der Waals surface area (Å²) in [4.78, 5) is 57.8. The highest BCUT2D eigenvalue weighted by Gasteiger charge is 2.25. The number of carbonyl (C=O) groups is 3. The molecule has 0 aliphatic rings. The largest absolute Gasteiger partial charge is 0.490 e. The Morgan fingerprint density at radius 2 is 1.71 bits per heavy atom. The van der Waals surface area contributed by atoms with E-state index in [0.29, 0.717) is 5.56 Å². The van der Waals surface area contributed by atoms with Crippen LogP contribution in [0.2, 0.25) is 0 Å². The first kappa shape index (κ1) is 26.7. The van der Waals surface area contributed by atoms with E-state index in [1.807, 2.05) is 0 Å². The van der Waals surface area contributed by atoms with Gasteiger partial charge in [0, 0.05) is 43.1 Å². The predicted molar refractivity (Wildman–Crippen MR) is 123 cm³/mol. The zero-order valence-corrected chi connectivity index (χ0v) is 19.0. The Bertz CT molecular complexity index is 1120. The van der Waals surface area contributed by atoms with Crippen LogP contribution in [-0.4, -0.2) is 47.4 Å². The third-order valence-electron chi connectivity index (χ3n) is 4.71. The summed E-state index contributed by atoms with van der Waals surface area (Å²) in [6, 6.07) is 8.34. The van der Waals surface area contributed by atoms with Gasteiger partial charge in [-0.3, -0.25) is 29.8 Å². The van der Waals surface area contributed by atoms with Crippen molar-refractivity contribution in [3.63, 3.8) is 0 Å². The van der Waals surface area contributed by atoms with Gasteiger partial charge in [-0.2, -0.15) is 0 Å². The van der Waals surface area contributed by atoms with Gasteiger partial charge in [0.05, 0.1) is 23.6 Å². The van der Waals surface area contributed by atoms with E-state index < -0.39 is 33.7 Å². The first-order valence-electron chi connectivity index (χ1n) is 10.5. The van der Waals surface area contributed by atoms with Crippen molar-refractivity contribution in [3.05, 3.63) is 68.3 Å². The van der Waals surface area contributed by atoms with Gasteiger partial charge in [0.2, 0.25) is 11.8 Å². The summed E-state index contributed by atoms with van der Waals surface area (Å²) in [6.45, 7) is 1.65. The lowest BCUT2D eigenvalue weighted by Crippen LogP contribution is -2.43. The molecule has 0 saturated heterocycles. The molecule has 2 rings (SSSR count). The van der Waals surface area contributed by atoms with E-state index in [-0.39, 0.29) is 48.7 Å². The molecule has 1 atom stereocenters. The number of esters is 1. The van der Waals surface area contributed by atoms with Crippen molar-refractivity contribution < 1.29 is 33.7 Å². The molecule has 2 aromatic rings. The van der Waals surface area contributed by atoms with Crippen LogP contribution in [0.1, 0.15) is 25.3 Å². The number of hydrogen-bond donors (Lipinski definition) is 2. The summed E-state index contributed by atoms with van der Waals surface area (Å²) in [7, 11) is 1.29. The summed E-state index contributed by atoms with van der Waals surface area (Å²) >= 11 is 0. The second-order valence-corrected chi connectivity index (χ2v) is 7.20. The van der Waals surface area contributed by atoms with Crippen molar-refractivity contribution in [1.82, 2.24) is 5.32 Å². The Morgan fingerprint density at radius 3 is 2.34 bits per heavy atom. The van der Waals surface area contributed by atoms with E-state index >= 15 is 0 Å². The van der Waals surface area contributed by atoms with E-state index in [4.69, 9.17) is 9.47 Å². The highest BCUT2D eigenvalue weighted by atomic mass is 16.6. The van der Waals surface area contributed by atoms with Crippen LogP contribution in [-0.2, 0) is 25.5 Å². The van der Waals surface area contributed by atoms with Gasteiger partial charge in [0.15, 0.2) is 5.75 Å². The number of hydrogen-bond acceptors (Lipinski definition) is 9. The summed E-state index contributed by atoms with van der Waals surface area (Å²) in [5.74, 6) is -1.87. The molecular weight excluding hydrogens is 464 g/mol. The maximum atomic E-state index is 12.4. The lowest BCUT2D eigenvalue weighted by atomic mass is 10.0. The van der Waals surface area contributed by atoms with E-state index in [9.17, 15) is 34.6 Å². The quantitative estimate of drug-likeness (QED) is 0.258. The van der Waals surface area contributed by atoms with Crippen molar-refractivity contribution in [2.45, 2.75) is 32.2 Å². The number of nitrogens with one attached hydrogen (secondary N) is 2. The lowest BCUT2D eigenvalue weighted by molar-refractivity contribution is -0.385. The van der Waals surface area contributed by atoms with Gasteiger partial charge in [-0.25, -0.2) is 4.79 Å². The molecule has 2 aromatic carbocycles. The first-order valence-corrected chi connectivity index (χ1v) is 10.5. The van der Waals surface area contributed by atoms with Crippen molar-refractivity contribution in [2.24, 2.45) is 0 Å². The average Bonchev–Trinajstić information content (AvgIpc) is 2.82. The second-order valence-electron chi connectivity index (χ2n) is 7.20. The number of nitrogens with zero attached hydrogens (tertiary/aromatic N) is 2. The molecule has 0 spiro atoms. The average molecular weight is 488 g/mol. The lowest BCUT2D eigenvalue weighted by Gasteiger charge is -2.17. The first-order chi connectivity index (χ1) is 16.6. The van der Waals surface area contributed by atoms with E-state index in [0.717, 1.165) is 0 Å². The Labute approximate surface area is 199 Å². The molecule has 0 heterocycles. The summed E-state index contributed by atoms with van der Waals surface area (Å²) in [5.41, 5.74) is 0.0997. The summed E-state index contributed by atoms with van der Waals surface area (Å²) < 4.78 is 9.95. The number of non-ortho nitro benzene ring substituents is 1. The number of benzene rings is 2. The van der Waals surface area contributed by atoms with Crippen molar-refractivity contribution in [3.8, 4) is 5.75 Å². The summed E-state index contributed by atoms with van der Waals surface area (Å²) in [6.07, 6.45) is -0.618. The number of nitro benzene ring substituents is 2. The minimum atomic E-state index is -1.14. The number of methoxy groups -OCH3 is 1. The number of nitro groups is 2. The smallest absolute Gasteiger partial charge is 0.328 e. The Balaban J connectivity index is 2.02. The number of carbonyl (C=O) groups excluding carboxylic acids is 3. The van der Waals surface area contributed by atoms with E-state index in [2.05, 4.69) is 10.6 Å². The van der Waals surface area contributed by atoms with Crippen molar-refractivity contribution >= 4 is 34.8 Å². The van der Waals surface area contributed by atoms with Crippen LogP contribution in [0.5, 0.6) is 5.75 Å². The highest BCUT2D eigenvalue weighted by molar-refractivity contribution is 5.94. The van der Waals surface area contributed by atoms with E-state index in [1.165, 1.54) is 49.6 Å². The SMILES string of the molecule is CCOC(=O)[C@H](Cc1ccc(OC)c([N+](=O)[O-])c1)NC(=O)CCC(=O)Nc1cccc([N+](=O)[O-])c1. The van der Waals surface area contributed by atoms with E-state index in [1.54, 1.807) is 6.92 Å². The van der Waals surface area contributed by atoms with Gasteiger partial charge in [-0.15, -0.1) is 0 Å². The van der Waals surface area contributed by atoms with Crippen molar-refractivity contribution in [1.29, 1.82) is 0 Å². The molecule has 186 valence electrons. The van der Waals surface area contributed by atoms with Gasteiger partial charge >= 0.3 is 11.7 Å². The van der Waals surface area contributed by atoms with Gasteiger partial charge in [-0.05, 0) is 24.6 Å². The third-order valence-corrected chi connectivity index (χ3v) is 4.71. The monoisotopic (exact) mass is 488 g/mol. The molecule has 2 amide bonds. The zero-order valence-electron chi connectivity index (χ0n) is 19.0. The highest BCUT2D eigenvalue weighted by Crippen LogP contribution is 2.28. The molecule has 0 saturated carbocycles. The van der Waals surface area contributed by atoms with Crippen LogP contribution in [0.15, 0.2) is 42.5 Å². The molecule has 35 heavy (non-hydrogen) atoms. The maximum Gasteiger partial charge on any atom is 0.328 e. The van der Waals surface area contributed by atoms with Crippen LogP contribution in [0.3, 0.4) is 0 Å². The van der Waals surface area contributed by atoms with Crippen molar-refractivity contribution in [2.75, 3.05) is 19.0 Å². The van der Waals surface area contributed by atoms with Gasteiger partial charge < -0.3 is 20.1 Å². The molecule has 0 aliphatic heterocycles. The fourth-order valence-electron chi connectivity index (χ4n) is 3.09. The van der Waals surface area contributed by atoms with Crippen LogP contribution in [0.25, 0.3) is 0 Å². The van der Waals surface area contributed by atoms with Crippen LogP contribution in [0, 0.1) is 20.2 Å². The maximum absolute atomic E-state index is 12.4. The number of anilines is 1. The van der Waals surface area contributed by atoms with Gasteiger partial charge in [0.25, 0.3) is 5.69 Å². The Hall–Kier alpha value is -4.55. The molecule has 2 N–H and O–H groups in total. The molecule has 13 heteroatoms. The predicted octanol–water partition coefficient (Wildman–Crippen LogP) is 2.52. The standard InChI is InChI=1S/C22H24N4O9/c1-3-35-22(29)17(11-14-7-8-19(34-2)18(12-14)26(32)33)24-21(28)10-9-20(27)23-15-5-4-6-16(13-15)25(30)31/h4-8,12-13,17H,3,9-11H2,1-2H3,(H,23,27)(H,24,28)/t17-/m0/s1. The molecule has 0 aromatic heterocycles. The molecule has 0 unspecified atom stereocenters. The third kappa shape index (κ3) is 8.07. The van der Waals surface area contributed by atoms with Gasteiger partial charge in [-0.1, -0.05) is 12.1 Å². The van der Waals surface area contributed by atoms with Crippen LogP contribution in [0.4, 0.5) is 17.1 Å². The number of amides is 2. The van der Waals surface area contributed by atoms with Crippen LogP contribution < -0.4 is 15.4 Å². The molecule has 0 aliphatic carbocycles. The fourth-order valence-corrected chi connectivity index (χ4v) is 3.09. The number of rotatable bonds is 12. The summed E-state index contributed by atoms with van der Waals surface area (Å²) in [5, 5.41) is 27.0. The Morgan fingerprint density at radius 1 is 1.00 bits per heavy atom. The molecule has 0 radical (unpaired) electrons. The van der Waals surface area contributed by atoms with Gasteiger partial charge in [0.1, 0.15) is 6.04 Å². The molecule has 13 nitrogen and oxygen atoms in total. The second kappa shape index (κ2) is 12.6. The molecular formula is C22H24N4O9. The van der Waals surface area contributed by atoms with Crippen LogP contribution >= 0.6 is 0 Å². The normalized spacial score (nSPS) is 11.1.